The van der Waals surface area contributed by atoms with E-state index in [0.29, 0.717) is 27.4 Å². The summed E-state index contributed by atoms with van der Waals surface area (Å²) >= 11 is 6.23. The van der Waals surface area contributed by atoms with Gasteiger partial charge in [-0.15, -0.1) is 0 Å². The molecule has 0 aliphatic rings. The molecule has 0 saturated carbocycles. The van der Waals surface area contributed by atoms with Crippen molar-refractivity contribution in [1.29, 1.82) is 0 Å². The molecule has 9 heteroatoms. The fraction of sp³-hybridized carbons (Fsp3) is 0.238. The number of nitrogens with zero attached hydrogens (tertiary/aromatic N) is 2. The van der Waals surface area contributed by atoms with Crippen molar-refractivity contribution in [1.82, 2.24) is 15.2 Å². The molecule has 0 aliphatic heterocycles. The second-order valence-corrected chi connectivity index (χ2v) is 10.9. The maximum Gasteiger partial charge on any atom is 0.186 e. The Hall–Kier alpha value is -2.84. The zero-order valence-corrected chi connectivity index (χ0v) is 18.5. The number of fused-ring (bicyclic) bond motifs is 2. The standard InChI is InChI=1S/C21H21ClN4O3S/c1-21(2,3)30(27,28)18-10-13-15(8-9-23-16(13)11-17(18)29-4)24-20-12-6-5-7-14(22)19(12)25-26-20/h5-11H,1-4H3,(H2,23,24,25,26). The maximum absolute atomic E-state index is 13.2. The number of hydrogen-bond acceptors (Lipinski definition) is 6. The van der Waals surface area contributed by atoms with Gasteiger partial charge < -0.3 is 10.1 Å². The number of pyridine rings is 1. The molecule has 2 N–H and O–H groups in total. The normalized spacial score (nSPS) is 12.4. The lowest BCUT2D eigenvalue weighted by Gasteiger charge is -2.21. The minimum atomic E-state index is -3.65. The van der Waals surface area contributed by atoms with Gasteiger partial charge in [0.25, 0.3) is 0 Å². The Bertz CT molecular complexity index is 1370. The first-order chi connectivity index (χ1) is 14.1. The Morgan fingerprint density at radius 3 is 2.60 bits per heavy atom. The highest BCUT2D eigenvalue weighted by molar-refractivity contribution is 7.92. The molecule has 0 amide bonds. The minimum absolute atomic E-state index is 0.121. The molecule has 0 bridgehead atoms. The quantitative estimate of drug-likeness (QED) is 0.455. The zero-order chi connectivity index (χ0) is 21.7. The van der Waals surface area contributed by atoms with Crippen molar-refractivity contribution in [3.8, 4) is 5.75 Å². The van der Waals surface area contributed by atoms with Crippen molar-refractivity contribution >= 4 is 54.7 Å². The fourth-order valence-electron chi connectivity index (χ4n) is 3.19. The van der Waals surface area contributed by atoms with Crippen LogP contribution < -0.4 is 10.1 Å². The van der Waals surface area contributed by atoms with Crippen molar-refractivity contribution in [2.24, 2.45) is 0 Å². The molecule has 2 heterocycles. The SMILES string of the molecule is COc1cc2nccc(Nc3n[nH]c4c(Cl)cccc34)c2cc1S(=O)(=O)C(C)(C)C. The summed E-state index contributed by atoms with van der Waals surface area (Å²) in [5.41, 5.74) is 1.99. The van der Waals surface area contributed by atoms with E-state index in [-0.39, 0.29) is 10.6 Å². The van der Waals surface area contributed by atoms with Crippen LogP contribution in [-0.2, 0) is 9.84 Å². The summed E-state index contributed by atoms with van der Waals surface area (Å²) in [6.07, 6.45) is 1.64. The van der Waals surface area contributed by atoms with Crippen molar-refractivity contribution < 1.29 is 13.2 Å². The molecule has 30 heavy (non-hydrogen) atoms. The molecule has 0 aliphatic carbocycles. The topological polar surface area (TPSA) is 97.0 Å². The van der Waals surface area contributed by atoms with Crippen LogP contribution in [-0.4, -0.2) is 35.5 Å². The Morgan fingerprint density at radius 2 is 1.90 bits per heavy atom. The van der Waals surface area contributed by atoms with Crippen LogP contribution in [0.2, 0.25) is 5.02 Å². The van der Waals surface area contributed by atoms with Crippen molar-refractivity contribution in [3.05, 3.63) is 47.6 Å². The molecule has 0 radical (unpaired) electrons. The average molecular weight is 445 g/mol. The number of aromatic nitrogens is 3. The van der Waals surface area contributed by atoms with Crippen LogP contribution in [0.5, 0.6) is 5.75 Å². The molecule has 7 nitrogen and oxygen atoms in total. The van der Waals surface area contributed by atoms with Crippen LogP contribution in [0.15, 0.2) is 47.5 Å². The van der Waals surface area contributed by atoms with E-state index in [1.54, 1.807) is 51.2 Å². The predicted molar refractivity (Wildman–Crippen MR) is 120 cm³/mol. The summed E-state index contributed by atoms with van der Waals surface area (Å²) in [6, 6.07) is 10.5. The number of sulfone groups is 1. The third-order valence-electron chi connectivity index (χ3n) is 4.92. The summed E-state index contributed by atoms with van der Waals surface area (Å²) in [7, 11) is -2.20. The van der Waals surface area contributed by atoms with Gasteiger partial charge in [0.05, 0.1) is 33.6 Å². The van der Waals surface area contributed by atoms with Crippen LogP contribution >= 0.6 is 11.6 Å². The first-order valence-corrected chi connectivity index (χ1v) is 11.1. The summed E-state index contributed by atoms with van der Waals surface area (Å²) in [4.78, 5) is 4.50. The van der Waals surface area contributed by atoms with Crippen LogP contribution in [0.3, 0.4) is 0 Å². The molecule has 156 valence electrons. The molecule has 2 aromatic carbocycles. The lowest BCUT2D eigenvalue weighted by molar-refractivity contribution is 0.402. The molecular weight excluding hydrogens is 424 g/mol. The highest BCUT2D eigenvalue weighted by atomic mass is 35.5. The van der Waals surface area contributed by atoms with Gasteiger partial charge in [0.2, 0.25) is 0 Å². The molecule has 0 unspecified atom stereocenters. The Kier molecular flexibility index (Phi) is 4.86. The summed E-state index contributed by atoms with van der Waals surface area (Å²) in [5, 5.41) is 12.5. The van der Waals surface area contributed by atoms with E-state index < -0.39 is 14.6 Å². The van der Waals surface area contributed by atoms with Gasteiger partial charge in [0.15, 0.2) is 15.7 Å². The van der Waals surface area contributed by atoms with Gasteiger partial charge in [-0.05, 0) is 45.0 Å². The van der Waals surface area contributed by atoms with E-state index in [4.69, 9.17) is 16.3 Å². The number of benzene rings is 2. The van der Waals surface area contributed by atoms with Crippen LogP contribution in [0.4, 0.5) is 11.5 Å². The van der Waals surface area contributed by atoms with E-state index in [1.807, 2.05) is 12.1 Å². The Morgan fingerprint density at radius 1 is 1.13 bits per heavy atom. The first kappa shape index (κ1) is 20.4. The van der Waals surface area contributed by atoms with Gasteiger partial charge in [-0.25, -0.2) is 8.42 Å². The lowest BCUT2D eigenvalue weighted by Crippen LogP contribution is -2.28. The van der Waals surface area contributed by atoms with E-state index >= 15 is 0 Å². The molecule has 2 aromatic heterocycles. The summed E-state index contributed by atoms with van der Waals surface area (Å²) < 4.78 is 30.7. The number of anilines is 2. The number of aromatic amines is 1. The number of methoxy groups -OCH3 is 1. The smallest absolute Gasteiger partial charge is 0.186 e. The summed E-state index contributed by atoms with van der Waals surface area (Å²) in [6.45, 7) is 4.98. The van der Waals surface area contributed by atoms with E-state index in [9.17, 15) is 8.42 Å². The number of hydrogen-bond donors (Lipinski definition) is 2. The first-order valence-electron chi connectivity index (χ1n) is 9.24. The van der Waals surface area contributed by atoms with Gasteiger partial charge in [-0.2, -0.15) is 5.10 Å². The molecule has 0 fully saturated rings. The number of ether oxygens (including phenoxy) is 1. The number of nitrogens with one attached hydrogen (secondary N) is 2. The third-order valence-corrected chi connectivity index (χ3v) is 7.75. The zero-order valence-electron chi connectivity index (χ0n) is 16.9. The largest absolute Gasteiger partial charge is 0.495 e. The number of para-hydroxylation sites is 1. The molecular formula is C21H21ClN4O3S. The molecule has 0 spiro atoms. The van der Waals surface area contributed by atoms with Gasteiger partial charge in [0, 0.05) is 23.0 Å². The van der Waals surface area contributed by atoms with Gasteiger partial charge >= 0.3 is 0 Å². The highest BCUT2D eigenvalue weighted by Gasteiger charge is 2.34. The molecule has 0 atom stereocenters. The Balaban J connectivity index is 1.91. The number of rotatable bonds is 4. The maximum atomic E-state index is 13.2. The highest BCUT2D eigenvalue weighted by Crippen LogP contribution is 2.38. The van der Waals surface area contributed by atoms with E-state index in [1.165, 1.54) is 7.11 Å². The second kappa shape index (κ2) is 7.14. The average Bonchev–Trinajstić information content (AvgIpc) is 3.10. The van der Waals surface area contributed by atoms with Crippen LogP contribution in [0.25, 0.3) is 21.8 Å². The number of halogens is 1. The van der Waals surface area contributed by atoms with Crippen molar-refractivity contribution in [2.45, 2.75) is 30.4 Å². The third kappa shape index (κ3) is 3.26. The lowest BCUT2D eigenvalue weighted by atomic mass is 10.1. The van der Waals surface area contributed by atoms with Gasteiger partial charge in [0.1, 0.15) is 10.6 Å². The van der Waals surface area contributed by atoms with Gasteiger partial charge in [-0.1, -0.05) is 17.7 Å². The molecule has 4 rings (SSSR count). The van der Waals surface area contributed by atoms with Crippen molar-refractivity contribution in [2.75, 3.05) is 12.4 Å². The second-order valence-electron chi connectivity index (χ2n) is 7.85. The predicted octanol–water partition coefficient (Wildman–Crippen LogP) is 5.09. The van der Waals surface area contributed by atoms with E-state index in [0.717, 1.165) is 10.9 Å². The van der Waals surface area contributed by atoms with Crippen LogP contribution in [0.1, 0.15) is 20.8 Å². The van der Waals surface area contributed by atoms with Crippen LogP contribution in [0, 0.1) is 0 Å². The fourth-order valence-corrected chi connectivity index (χ4v) is 4.75. The van der Waals surface area contributed by atoms with E-state index in [2.05, 4.69) is 20.5 Å². The monoisotopic (exact) mass is 444 g/mol. The van der Waals surface area contributed by atoms with Gasteiger partial charge in [-0.3, -0.25) is 10.1 Å². The Labute approximate surface area is 179 Å². The minimum Gasteiger partial charge on any atom is -0.495 e. The molecule has 4 aromatic rings. The van der Waals surface area contributed by atoms with Crippen molar-refractivity contribution in [3.63, 3.8) is 0 Å². The molecule has 0 saturated heterocycles. The summed E-state index contributed by atoms with van der Waals surface area (Å²) in [5.74, 6) is 0.843. The number of H-pyrrole nitrogens is 1.